The minimum Gasteiger partial charge on any atom is -0.507 e. The second-order valence-electron chi connectivity index (χ2n) is 7.10. The van der Waals surface area contributed by atoms with Crippen LogP contribution >= 0.6 is 11.6 Å². The van der Waals surface area contributed by atoms with Gasteiger partial charge in [0.05, 0.1) is 5.57 Å². The molecule has 0 aliphatic carbocycles. The normalized spacial score (nSPS) is 19.0. The van der Waals surface area contributed by atoms with E-state index in [-0.39, 0.29) is 11.3 Å². The zero-order valence-electron chi connectivity index (χ0n) is 16.1. The first kappa shape index (κ1) is 20.2. The largest absolute Gasteiger partial charge is 0.507 e. The summed E-state index contributed by atoms with van der Waals surface area (Å²) in [6.45, 7) is 2.94. The van der Waals surface area contributed by atoms with Crippen LogP contribution in [0, 0.1) is 6.92 Å². The third kappa shape index (κ3) is 3.98. The van der Waals surface area contributed by atoms with Gasteiger partial charge in [0, 0.05) is 17.1 Å². The minimum atomic E-state index is -0.758. The maximum atomic E-state index is 12.8. The number of carbonyl (C=O) groups is 2. The molecule has 28 heavy (non-hydrogen) atoms. The van der Waals surface area contributed by atoms with E-state index >= 15 is 0 Å². The van der Waals surface area contributed by atoms with Crippen LogP contribution in [0.1, 0.15) is 29.5 Å². The molecule has 0 saturated carbocycles. The lowest BCUT2D eigenvalue weighted by molar-refractivity contribution is -0.140. The Balaban J connectivity index is 2.05. The van der Waals surface area contributed by atoms with Gasteiger partial charge in [-0.2, -0.15) is 0 Å². The van der Waals surface area contributed by atoms with E-state index < -0.39 is 17.7 Å². The van der Waals surface area contributed by atoms with Crippen LogP contribution in [0.2, 0.25) is 5.02 Å². The molecule has 148 valence electrons. The number of nitrogens with zero attached hydrogens (tertiary/aromatic N) is 2. The molecule has 1 saturated heterocycles. The zero-order valence-corrected chi connectivity index (χ0v) is 16.9. The number of aryl methyl sites for hydroxylation is 1. The van der Waals surface area contributed by atoms with Crippen LogP contribution in [-0.4, -0.2) is 53.8 Å². The average molecular weight is 403 g/mol. The van der Waals surface area contributed by atoms with Crippen LogP contribution in [0.5, 0.6) is 0 Å². The summed E-state index contributed by atoms with van der Waals surface area (Å²) >= 11 is 5.92. The van der Waals surface area contributed by atoms with E-state index in [9.17, 15) is 14.7 Å². The molecule has 0 radical (unpaired) electrons. The Morgan fingerprint density at radius 2 is 1.86 bits per heavy atom. The summed E-state index contributed by atoms with van der Waals surface area (Å²) in [6, 6.07) is 9.22. The lowest BCUT2D eigenvalue weighted by Gasteiger charge is -2.24. The summed E-state index contributed by atoms with van der Waals surface area (Å²) in [6.07, 6.45) is 0.692. The summed E-state index contributed by atoms with van der Waals surface area (Å²) < 4.78 is 5.73. The van der Waals surface area contributed by atoms with Gasteiger partial charge in [0.2, 0.25) is 0 Å². The number of ketones is 1. The van der Waals surface area contributed by atoms with Crippen LogP contribution in [0.15, 0.2) is 46.4 Å². The molecule has 0 bridgehead atoms. The number of hydrogen-bond acceptors (Lipinski definition) is 5. The Hall–Kier alpha value is -2.57. The van der Waals surface area contributed by atoms with Crippen molar-refractivity contribution in [1.82, 2.24) is 9.80 Å². The summed E-state index contributed by atoms with van der Waals surface area (Å²) in [4.78, 5) is 29.0. The van der Waals surface area contributed by atoms with Crippen molar-refractivity contribution in [3.05, 3.63) is 64.1 Å². The first-order chi connectivity index (χ1) is 13.3. The standard InChI is InChI=1S/C21H23ClN2O4/c1-13-5-10-16(28-13)18-17(19(25)14-6-8-15(22)9-7-14)20(26)21(27)24(18)12-4-11-23(2)3/h5-10,18,25H,4,11-12H2,1-3H3/b19-17+. The van der Waals surface area contributed by atoms with Crippen molar-refractivity contribution < 1.29 is 19.1 Å². The van der Waals surface area contributed by atoms with Crippen molar-refractivity contribution >= 4 is 29.1 Å². The third-order valence-corrected chi connectivity index (χ3v) is 4.94. The number of aliphatic hydroxyl groups excluding tert-OH is 1. The van der Waals surface area contributed by atoms with E-state index in [0.29, 0.717) is 35.1 Å². The number of benzene rings is 1. The lowest BCUT2D eigenvalue weighted by atomic mass is 9.99. The van der Waals surface area contributed by atoms with Crippen molar-refractivity contribution in [1.29, 1.82) is 0 Å². The van der Waals surface area contributed by atoms with E-state index in [0.717, 1.165) is 6.54 Å². The number of aliphatic hydroxyl groups is 1. The first-order valence-electron chi connectivity index (χ1n) is 9.05. The van der Waals surface area contributed by atoms with Crippen molar-refractivity contribution in [3.8, 4) is 0 Å². The van der Waals surface area contributed by atoms with E-state index in [2.05, 4.69) is 0 Å². The van der Waals surface area contributed by atoms with Gasteiger partial charge in [-0.1, -0.05) is 11.6 Å². The molecule has 1 aliphatic heterocycles. The number of carbonyl (C=O) groups excluding carboxylic acids is 2. The summed E-state index contributed by atoms with van der Waals surface area (Å²) in [5, 5.41) is 11.4. The fourth-order valence-corrected chi connectivity index (χ4v) is 3.45. The van der Waals surface area contributed by atoms with E-state index in [1.807, 2.05) is 19.0 Å². The molecule has 2 heterocycles. The molecule has 3 rings (SSSR count). The molecular weight excluding hydrogens is 380 g/mol. The van der Waals surface area contributed by atoms with Crippen molar-refractivity contribution in [2.24, 2.45) is 0 Å². The third-order valence-electron chi connectivity index (χ3n) is 4.69. The Bertz CT molecular complexity index is 915. The monoisotopic (exact) mass is 402 g/mol. The Labute approximate surface area is 169 Å². The number of furan rings is 1. The smallest absolute Gasteiger partial charge is 0.295 e. The van der Waals surface area contributed by atoms with Crippen LogP contribution in [-0.2, 0) is 9.59 Å². The molecule has 1 fully saturated rings. The maximum Gasteiger partial charge on any atom is 0.295 e. The van der Waals surface area contributed by atoms with Gasteiger partial charge in [-0.3, -0.25) is 9.59 Å². The molecule has 2 aromatic rings. The number of likely N-dealkylation sites (tertiary alicyclic amines) is 1. The SMILES string of the molecule is Cc1ccc(C2/C(=C(\O)c3ccc(Cl)cc3)C(=O)C(=O)N2CCCN(C)C)o1. The Kier molecular flexibility index (Phi) is 5.91. The quantitative estimate of drug-likeness (QED) is 0.454. The fourth-order valence-electron chi connectivity index (χ4n) is 3.33. The molecule has 1 amide bonds. The molecular formula is C21H23ClN2O4. The molecule has 1 unspecified atom stereocenters. The second-order valence-corrected chi connectivity index (χ2v) is 7.54. The highest BCUT2D eigenvalue weighted by molar-refractivity contribution is 6.46. The minimum absolute atomic E-state index is 0.0338. The summed E-state index contributed by atoms with van der Waals surface area (Å²) in [5.41, 5.74) is 0.454. The maximum absolute atomic E-state index is 12.8. The number of Topliss-reactive ketones (excluding diaryl/α,β-unsaturated/α-hetero) is 1. The molecule has 1 N–H and O–H groups in total. The highest BCUT2D eigenvalue weighted by atomic mass is 35.5. The van der Waals surface area contributed by atoms with Gasteiger partial charge in [0.15, 0.2) is 0 Å². The fraction of sp³-hybridized carbons (Fsp3) is 0.333. The molecule has 1 aliphatic rings. The Morgan fingerprint density at radius 1 is 1.18 bits per heavy atom. The summed E-state index contributed by atoms with van der Waals surface area (Å²) in [5.74, 6) is -0.453. The van der Waals surface area contributed by atoms with E-state index in [1.165, 1.54) is 4.90 Å². The van der Waals surface area contributed by atoms with Crippen LogP contribution in [0.4, 0.5) is 0 Å². The van der Waals surface area contributed by atoms with Crippen molar-refractivity contribution in [3.63, 3.8) is 0 Å². The molecule has 1 atom stereocenters. The van der Waals surface area contributed by atoms with Crippen molar-refractivity contribution in [2.75, 3.05) is 27.2 Å². The van der Waals surface area contributed by atoms with Gasteiger partial charge in [0.25, 0.3) is 11.7 Å². The predicted octanol–water partition coefficient (Wildman–Crippen LogP) is 3.61. The zero-order chi connectivity index (χ0) is 20.4. The lowest BCUT2D eigenvalue weighted by Crippen LogP contribution is -2.32. The van der Waals surface area contributed by atoms with Crippen LogP contribution in [0.3, 0.4) is 0 Å². The van der Waals surface area contributed by atoms with Gasteiger partial charge >= 0.3 is 0 Å². The topological polar surface area (TPSA) is 74.0 Å². The molecule has 1 aromatic heterocycles. The highest BCUT2D eigenvalue weighted by Gasteiger charge is 2.47. The molecule has 7 heteroatoms. The summed E-state index contributed by atoms with van der Waals surface area (Å²) in [7, 11) is 3.89. The number of hydrogen-bond donors (Lipinski definition) is 1. The average Bonchev–Trinajstić information content (AvgIpc) is 3.18. The number of amides is 1. The number of rotatable bonds is 6. The molecule has 6 nitrogen and oxygen atoms in total. The predicted molar refractivity (Wildman–Crippen MR) is 107 cm³/mol. The van der Waals surface area contributed by atoms with Gasteiger partial charge in [0.1, 0.15) is 23.3 Å². The van der Waals surface area contributed by atoms with E-state index in [1.54, 1.807) is 43.3 Å². The van der Waals surface area contributed by atoms with Crippen LogP contribution in [0.25, 0.3) is 5.76 Å². The van der Waals surface area contributed by atoms with Crippen LogP contribution < -0.4 is 0 Å². The van der Waals surface area contributed by atoms with Gasteiger partial charge in [-0.15, -0.1) is 0 Å². The first-order valence-corrected chi connectivity index (χ1v) is 9.43. The highest BCUT2D eigenvalue weighted by Crippen LogP contribution is 2.40. The molecule has 1 aromatic carbocycles. The second kappa shape index (κ2) is 8.20. The van der Waals surface area contributed by atoms with Gasteiger partial charge in [-0.25, -0.2) is 0 Å². The Morgan fingerprint density at radius 3 is 2.43 bits per heavy atom. The van der Waals surface area contributed by atoms with Crippen molar-refractivity contribution in [2.45, 2.75) is 19.4 Å². The molecule has 0 spiro atoms. The van der Waals surface area contributed by atoms with Gasteiger partial charge < -0.3 is 19.3 Å². The van der Waals surface area contributed by atoms with E-state index in [4.69, 9.17) is 16.0 Å². The number of halogens is 1. The van der Waals surface area contributed by atoms with Gasteiger partial charge in [-0.05, 0) is 70.4 Å².